The van der Waals surface area contributed by atoms with Crippen LogP contribution >= 0.6 is 11.8 Å². The van der Waals surface area contributed by atoms with Gasteiger partial charge in [0.2, 0.25) is 11.8 Å². The summed E-state index contributed by atoms with van der Waals surface area (Å²) in [6.45, 7) is 4.12. The van der Waals surface area contributed by atoms with Crippen LogP contribution in [0.3, 0.4) is 0 Å². The highest BCUT2D eigenvalue weighted by Gasteiger charge is 2.11. The van der Waals surface area contributed by atoms with E-state index in [1.165, 1.54) is 22.9 Å². The Morgan fingerprint density at radius 1 is 1.12 bits per heavy atom. The highest BCUT2D eigenvalue weighted by Crippen LogP contribution is 2.18. The minimum Gasteiger partial charge on any atom is -0.407 e. The lowest BCUT2D eigenvalue weighted by molar-refractivity contribution is -0.113. The zero-order chi connectivity index (χ0) is 17.6. The number of thioether (sulfide) groups is 1. The number of carbonyl (C=O) groups excluding carboxylic acids is 1. The van der Waals surface area contributed by atoms with Crippen molar-refractivity contribution in [1.82, 2.24) is 10.2 Å². The number of aromatic nitrogens is 2. The lowest BCUT2D eigenvalue weighted by atomic mass is 10.0. The Hall–Kier alpha value is -2.60. The lowest BCUT2D eigenvalue weighted by Crippen LogP contribution is -2.14. The zero-order valence-electron chi connectivity index (χ0n) is 14.2. The first-order valence-corrected chi connectivity index (χ1v) is 8.95. The average Bonchev–Trinajstić information content (AvgIpc) is 3.03. The van der Waals surface area contributed by atoms with Crippen LogP contribution in [0.1, 0.15) is 22.6 Å². The molecule has 1 heterocycles. The molecular formula is C19H19N3O2S. The third-order valence-corrected chi connectivity index (χ3v) is 4.68. The van der Waals surface area contributed by atoms with E-state index >= 15 is 0 Å². The normalized spacial score (nSPS) is 10.6. The smallest absolute Gasteiger partial charge is 0.322 e. The minimum absolute atomic E-state index is 0.137. The number of benzene rings is 2. The van der Waals surface area contributed by atoms with Crippen molar-refractivity contribution in [3.63, 3.8) is 0 Å². The third kappa shape index (κ3) is 4.93. The molecule has 1 aromatic heterocycles. The van der Waals surface area contributed by atoms with E-state index in [1.807, 2.05) is 30.3 Å². The van der Waals surface area contributed by atoms with Gasteiger partial charge in [-0.1, -0.05) is 47.1 Å². The van der Waals surface area contributed by atoms with Gasteiger partial charge in [-0.2, -0.15) is 0 Å². The predicted octanol–water partition coefficient (Wildman–Crippen LogP) is 4.01. The van der Waals surface area contributed by atoms with Crippen LogP contribution in [0.15, 0.2) is 57.8 Å². The fourth-order valence-electron chi connectivity index (χ4n) is 2.40. The summed E-state index contributed by atoms with van der Waals surface area (Å²) in [5, 5.41) is 10.5. The van der Waals surface area contributed by atoms with Crippen LogP contribution < -0.4 is 5.32 Å². The van der Waals surface area contributed by atoms with Crippen molar-refractivity contribution in [3.8, 4) is 0 Å². The van der Waals surface area contributed by atoms with Crippen molar-refractivity contribution in [1.29, 1.82) is 0 Å². The first-order chi connectivity index (χ1) is 12.1. The van der Waals surface area contributed by atoms with Crippen molar-refractivity contribution >= 4 is 23.7 Å². The van der Waals surface area contributed by atoms with Crippen molar-refractivity contribution in [2.24, 2.45) is 0 Å². The van der Waals surface area contributed by atoms with Gasteiger partial charge >= 0.3 is 6.01 Å². The van der Waals surface area contributed by atoms with E-state index in [1.54, 1.807) is 0 Å². The lowest BCUT2D eigenvalue weighted by Gasteiger charge is -2.04. The highest BCUT2D eigenvalue weighted by atomic mass is 32.2. The van der Waals surface area contributed by atoms with Crippen LogP contribution in [0.2, 0.25) is 0 Å². The summed E-state index contributed by atoms with van der Waals surface area (Å²) < 4.78 is 5.53. The molecule has 1 N–H and O–H groups in total. The maximum Gasteiger partial charge on any atom is 0.322 e. The molecule has 3 rings (SSSR count). The van der Waals surface area contributed by atoms with E-state index in [9.17, 15) is 4.79 Å². The molecule has 2 aromatic carbocycles. The van der Waals surface area contributed by atoms with Gasteiger partial charge in [-0.25, -0.2) is 0 Å². The second-order valence-electron chi connectivity index (χ2n) is 5.76. The van der Waals surface area contributed by atoms with E-state index in [4.69, 9.17) is 4.42 Å². The Morgan fingerprint density at radius 2 is 1.92 bits per heavy atom. The molecular weight excluding hydrogens is 334 g/mol. The van der Waals surface area contributed by atoms with Gasteiger partial charge in [-0.15, -0.1) is 16.9 Å². The fourth-order valence-corrected chi connectivity index (χ4v) is 3.12. The van der Waals surface area contributed by atoms with Gasteiger partial charge in [-0.05, 0) is 37.1 Å². The number of nitrogens with zero attached hydrogens (tertiary/aromatic N) is 2. The number of rotatable bonds is 6. The summed E-state index contributed by atoms with van der Waals surface area (Å²) in [4.78, 5) is 13.0. The molecule has 0 unspecified atom stereocenters. The standard InChI is InChI=1S/C19H19N3O2S/c1-13-8-9-15(14(2)10-13)11-18-21-22-19(24-18)20-17(23)12-25-16-6-4-3-5-7-16/h3-10H,11-12H2,1-2H3,(H,20,22,23). The number of hydrogen-bond acceptors (Lipinski definition) is 5. The molecule has 0 aliphatic carbocycles. The van der Waals surface area contributed by atoms with E-state index in [-0.39, 0.29) is 11.9 Å². The quantitative estimate of drug-likeness (QED) is 0.678. The first-order valence-electron chi connectivity index (χ1n) is 7.96. The topological polar surface area (TPSA) is 68.0 Å². The van der Waals surface area contributed by atoms with E-state index in [0.717, 1.165) is 10.5 Å². The fraction of sp³-hybridized carbons (Fsp3) is 0.211. The molecule has 0 aliphatic heterocycles. The molecule has 0 atom stereocenters. The Bertz CT molecular complexity index is 862. The van der Waals surface area contributed by atoms with Crippen molar-refractivity contribution in [2.75, 3.05) is 11.1 Å². The molecule has 0 saturated carbocycles. The number of hydrogen-bond donors (Lipinski definition) is 1. The molecule has 0 saturated heterocycles. The summed E-state index contributed by atoms with van der Waals surface area (Å²) in [5.41, 5.74) is 3.53. The summed E-state index contributed by atoms with van der Waals surface area (Å²) >= 11 is 1.46. The molecule has 128 valence electrons. The Kier molecular flexibility index (Phi) is 5.50. The van der Waals surface area contributed by atoms with Gasteiger partial charge in [0.05, 0.1) is 12.2 Å². The molecule has 0 bridgehead atoms. The van der Waals surface area contributed by atoms with E-state index in [2.05, 4.69) is 47.6 Å². The Labute approximate surface area is 150 Å². The maximum absolute atomic E-state index is 12.0. The van der Waals surface area contributed by atoms with Crippen LogP contribution in [-0.4, -0.2) is 21.9 Å². The first kappa shape index (κ1) is 17.2. The second kappa shape index (κ2) is 7.98. The summed E-state index contributed by atoms with van der Waals surface area (Å²) in [5.74, 6) is 0.604. The Morgan fingerprint density at radius 3 is 2.68 bits per heavy atom. The molecule has 6 heteroatoms. The average molecular weight is 353 g/mol. The molecule has 1 amide bonds. The summed E-state index contributed by atoms with van der Waals surface area (Å²) in [7, 11) is 0. The summed E-state index contributed by atoms with van der Waals surface area (Å²) in [6.07, 6.45) is 0.549. The molecule has 0 radical (unpaired) electrons. The Balaban J connectivity index is 1.55. The number of carbonyl (C=O) groups is 1. The molecule has 3 aromatic rings. The van der Waals surface area contributed by atoms with Gasteiger partial charge in [0.15, 0.2) is 0 Å². The van der Waals surface area contributed by atoms with Crippen molar-refractivity contribution in [2.45, 2.75) is 25.2 Å². The predicted molar refractivity (Wildman–Crippen MR) is 98.8 cm³/mol. The van der Waals surface area contributed by atoms with Gasteiger partial charge in [0, 0.05) is 4.90 Å². The molecule has 25 heavy (non-hydrogen) atoms. The molecule has 0 spiro atoms. The summed E-state index contributed by atoms with van der Waals surface area (Å²) in [6, 6.07) is 16.1. The molecule has 0 aliphatic rings. The van der Waals surface area contributed by atoms with Crippen LogP contribution in [0.4, 0.5) is 6.01 Å². The van der Waals surface area contributed by atoms with Crippen LogP contribution in [0.5, 0.6) is 0 Å². The third-order valence-electron chi connectivity index (χ3n) is 3.67. The van der Waals surface area contributed by atoms with Gasteiger partial charge in [0.1, 0.15) is 0 Å². The van der Waals surface area contributed by atoms with Crippen molar-refractivity contribution < 1.29 is 9.21 Å². The largest absolute Gasteiger partial charge is 0.407 e. The second-order valence-corrected chi connectivity index (χ2v) is 6.81. The van der Waals surface area contributed by atoms with Crippen LogP contribution in [-0.2, 0) is 11.2 Å². The molecule has 0 fully saturated rings. The number of amides is 1. The zero-order valence-corrected chi connectivity index (χ0v) is 15.0. The SMILES string of the molecule is Cc1ccc(Cc2nnc(NC(=O)CSc3ccccc3)o2)c(C)c1. The van der Waals surface area contributed by atoms with Crippen molar-refractivity contribution in [3.05, 3.63) is 71.1 Å². The number of nitrogens with one attached hydrogen (secondary N) is 1. The van der Waals surface area contributed by atoms with Gasteiger partial charge < -0.3 is 4.42 Å². The highest BCUT2D eigenvalue weighted by molar-refractivity contribution is 8.00. The number of anilines is 1. The van der Waals surface area contributed by atoms with Crippen LogP contribution in [0.25, 0.3) is 0 Å². The maximum atomic E-state index is 12.0. The van der Waals surface area contributed by atoms with Gasteiger partial charge in [0.25, 0.3) is 0 Å². The van der Waals surface area contributed by atoms with Gasteiger partial charge in [-0.3, -0.25) is 10.1 Å². The monoisotopic (exact) mass is 353 g/mol. The van der Waals surface area contributed by atoms with E-state index < -0.39 is 0 Å². The number of aryl methyl sites for hydroxylation is 2. The van der Waals surface area contributed by atoms with E-state index in [0.29, 0.717) is 18.1 Å². The minimum atomic E-state index is -0.171. The molecule has 5 nitrogen and oxygen atoms in total. The van der Waals surface area contributed by atoms with Crippen LogP contribution in [0, 0.1) is 13.8 Å².